The molecule has 13 heavy (non-hydrogen) atoms. The van der Waals surface area contributed by atoms with Crippen molar-refractivity contribution >= 4 is 0 Å². The molecule has 72 valence electrons. The number of hydrogen-bond acceptors (Lipinski definition) is 1. The smallest absolute Gasteiger partial charge is 0.141 e. The van der Waals surface area contributed by atoms with Crippen LogP contribution in [0, 0.1) is 11.2 Å². The lowest BCUT2D eigenvalue weighted by molar-refractivity contribution is 0.338. The zero-order valence-electron chi connectivity index (χ0n) is 8.63. The number of halogens is 1. The Hall–Kier alpha value is -0.920. The second kappa shape index (κ2) is 3.44. The maximum atomic E-state index is 12.9. The summed E-state index contributed by atoms with van der Waals surface area (Å²) in [6, 6.07) is 1.56. The molecule has 0 aliphatic heterocycles. The van der Waals surface area contributed by atoms with E-state index in [9.17, 15) is 4.39 Å². The summed E-state index contributed by atoms with van der Waals surface area (Å²) >= 11 is 0. The van der Waals surface area contributed by atoms with Gasteiger partial charge in [0, 0.05) is 6.20 Å². The average Bonchev–Trinajstić information content (AvgIpc) is 2.01. The van der Waals surface area contributed by atoms with Gasteiger partial charge in [-0.25, -0.2) is 4.39 Å². The van der Waals surface area contributed by atoms with Crippen LogP contribution in [0.4, 0.5) is 4.39 Å². The van der Waals surface area contributed by atoms with Gasteiger partial charge in [-0.1, -0.05) is 27.7 Å². The highest BCUT2D eigenvalue weighted by Gasteiger charge is 2.21. The molecule has 0 fully saturated rings. The van der Waals surface area contributed by atoms with Crippen LogP contribution in [-0.2, 0) is 0 Å². The van der Waals surface area contributed by atoms with E-state index in [0.717, 1.165) is 5.56 Å². The fourth-order valence-corrected chi connectivity index (χ4v) is 1.17. The Bertz CT molecular complexity index is 288. The van der Waals surface area contributed by atoms with Gasteiger partial charge in [0.15, 0.2) is 0 Å². The predicted octanol–water partition coefficient (Wildman–Crippen LogP) is 3.37. The molecular formula is C11H16FN. The molecule has 0 saturated carbocycles. The number of hydrogen-bond donors (Lipinski definition) is 0. The molecule has 0 aliphatic rings. The van der Waals surface area contributed by atoms with Crippen LogP contribution in [0.25, 0.3) is 0 Å². The monoisotopic (exact) mass is 181 g/mol. The van der Waals surface area contributed by atoms with E-state index in [4.69, 9.17) is 0 Å². The van der Waals surface area contributed by atoms with Crippen molar-refractivity contribution in [2.24, 2.45) is 5.41 Å². The second-order valence-electron chi connectivity index (χ2n) is 4.52. The predicted molar refractivity (Wildman–Crippen MR) is 52.1 cm³/mol. The van der Waals surface area contributed by atoms with Gasteiger partial charge in [0.2, 0.25) is 0 Å². The molecule has 1 nitrogen and oxygen atoms in total. The third kappa shape index (κ3) is 2.51. The highest BCUT2D eigenvalue weighted by atomic mass is 19.1. The third-order valence-electron chi connectivity index (χ3n) is 2.53. The van der Waals surface area contributed by atoms with Crippen LogP contribution in [-0.4, -0.2) is 4.98 Å². The topological polar surface area (TPSA) is 12.9 Å². The maximum Gasteiger partial charge on any atom is 0.141 e. The number of pyridine rings is 1. The Labute approximate surface area is 79.0 Å². The Kier molecular flexibility index (Phi) is 2.69. The molecule has 0 radical (unpaired) electrons. The minimum Gasteiger partial charge on any atom is -0.261 e. The normalized spacial score (nSPS) is 14.2. The number of nitrogens with zero attached hydrogens (tertiary/aromatic N) is 1. The third-order valence-corrected chi connectivity index (χ3v) is 2.53. The summed E-state index contributed by atoms with van der Waals surface area (Å²) in [7, 11) is 0. The molecule has 1 aromatic heterocycles. The molecule has 1 heterocycles. The van der Waals surface area contributed by atoms with Crippen LogP contribution in [0.5, 0.6) is 0 Å². The van der Waals surface area contributed by atoms with Gasteiger partial charge in [-0.3, -0.25) is 4.98 Å². The largest absolute Gasteiger partial charge is 0.261 e. The first-order valence-electron chi connectivity index (χ1n) is 4.51. The fourth-order valence-electron chi connectivity index (χ4n) is 1.17. The molecule has 0 aliphatic carbocycles. The van der Waals surface area contributed by atoms with E-state index in [1.165, 1.54) is 6.20 Å². The second-order valence-corrected chi connectivity index (χ2v) is 4.52. The van der Waals surface area contributed by atoms with Crippen molar-refractivity contribution < 1.29 is 4.39 Å². The van der Waals surface area contributed by atoms with Crippen molar-refractivity contribution in [3.63, 3.8) is 0 Å². The summed E-state index contributed by atoms with van der Waals surface area (Å²) in [6.07, 6.45) is 2.97. The van der Waals surface area contributed by atoms with Gasteiger partial charge in [-0.05, 0) is 23.0 Å². The van der Waals surface area contributed by atoms with Gasteiger partial charge in [-0.2, -0.15) is 0 Å². The number of aromatic nitrogens is 1. The zero-order chi connectivity index (χ0) is 10.1. The van der Waals surface area contributed by atoms with Crippen LogP contribution < -0.4 is 0 Å². The highest BCUT2D eigenvalue weighted by molar-refractivity contribution is 5.16. The SMILES string of the molecule is CC(c1cncc(F)c1)C(C)(C)C. The van der Waals surface area contributed by atoms with Gasteiger partial charge in [0.1, 0.15) is 5.82 Å². The minimum absolute atomic E-state index is 0.148. The summed E-state index contributed by atoms with van der Waals surface area (Å²) in [4.78, 5) is 3.84. The van der Waals surface area contributed by atoms with E-state index in [1.54, 1.807) is 12.3 Å². The molecule has 0 aromatic carbocycles. The zero-order valence-corrected chi connectivity index (χ0v) is 8.63. The van der Waals surface area contributed by atoms with E-state index >= 15 is 0 Å². The minimum atomic E-state index is -0.256. The van der Waals surface area contributed by atoms with E-state index in [-0.39, 0.29) is 11.2 Å². The summed E-state index contributed by atoms with van der Waals surface area (Å²) in [5, 5.41) is 0. The lowest BCUT2D eigenvalue weighted by Gasteiger charge is -2.27. The molecular weight excluding hydrogens is 165 g/mol. The lowest BCUT2D eigenvalue weighted by Crippen LogP contribution is -2.15. The standard InChI is InChI=1S/C11H16FN/c1-8(11(2,3)4)9-5-10(12)7-13-6-9/h5-8H,1-4H3. The van der Waals surface area contributed by atoms with Crippen LogP contribution in [0.2, 0.25) is 0 Å². The lowest BCUT2D eigenvalue weighted by atomic mass is 9.78. The first-order valence-corrected chi connectivity index (χ1v) is 4.51. The Morgan fingerprint density at radius 1 is 1.31 bits per heavy atom. The van der Waals surface area contributed by atoms with Gasteiger partial charge < -0.3 is 0 Å². The summed E-state index contributed by atoms with van der Waals surface area (Å²) in [5.74, 6) is 0.0595. The Morgan fingerprint density at radius 2 is 1.92 bits per heavy atom. The molecule has 1 aromatic rings. The average molecular weight is 181 g/mol. The van der Waals surface area contributed by atoms with Crippen molar-refractivity contribution in [3.8, 4) is 0 Å². The van der Waals surface area contributed by atoms with Crippen LogP contribution in [0.1, 0.15) is 39.2 Å². The van der Waals surface area contributed by atoms with E-state index < -0.39 is 0 Å². The summed E-state index contributed by atoms with van der Waals surface area (Å²) in [5.41, 5.74) is 1.11. The van der Waals surface area contributed by atoms with Crippen molar-refractivity contribution in [2.45, 2.75) is 33.6 Å². The molecule has 1 unspecified atom stereocenters. The van der Waals surface area contributed by atoms with Crippen molar-refractivity contribution in [3.05, 3.63) is 29.8 Å². The van der Waals surface area contributed by atoms with E-state index in [2.05, 4.69) is 32.7 Å². The summed E-state index contributed by atoms with van der Waals surface area (Å²) < 4.78 is 12.9. The van der Waals surface area contributed by atoms with Gasteiger partial charge >= 0.3 is 0 Å². The van der Waals surface area contributed by atoms with Crippen LogP contribution >= 0.6 is 0 Å². The Balaban J connectivity index is 2.96. The quantitative estimate of drug-likeness (QED) is 0.647. The fraction of sp³-hybridized carbons (Fsp3) is 0.545. The molecule has 0 spiro atoms. The Morgan fingerprint density at radius 3 is 2.38 bits per heavy atom. The first-order chi connectivity index (χ1) is 5.91. The van der Waals surface area contributed by atoms with Crippen molar-refractivity contribution in [1.82, 2.24) is 4.98 Å². The van der Waals surface area contributed by atoms with Gasteiger partial charge in [-0.15, -0.1) is 0 Å². The number of rotatable bonds is 1. The van der Waals surface area contributed by atoms with E-state index in [0.29, 0.717) is 5.92 Å². The first kappa shape index (κ1) is 10.2. The molecule has 1 rings (SSSR count). The molecule has 0 saturated heterocycles. The maximum absolute atomic E-state index is 12.9. The molecule has 0 N–H and O–H groups in total. The van der Waals surface area contributed by atoms with E-state index in [1.807, 2.05) is 0 Å². The van der Waals surface area contributed by atoms with Crippen molar-refractivity contribution in [1.29, 1.82) is 0 Å². The highest BCUT2D eigenvalue weighted by Crippen LogP contribution is 2.33. The summed E-state index contributed by atoms with van der Waals surface area (Å²) in [6.45, 7) is 8.52. The molecule has 1 atom stereocenters. The van der Waals surface area contributed by atoms with Gasteiger partial charge in [0.05, 0.1) is 6.20 Å². The van der Waals surface area contributed by atoms with Crippen LogP contribution in [0.3, 0.4) is 0 Å². The molecule has 0 bridgehead atoms. The molecule has 2 heteroatoms. The van der Waals surface area contributed by atoms with Crippen molar-refractivity contribution in [2.75, 3.05) is 0 Å². The van der Waals surface area contributed by atoms with Crippen LogP contribution in [0.15, 0.2) is 18.5 Å². The van der Waals surface area contributed by atoms with Gasteiger partial charge in [0.25, 0.3) is 0 Å². The molecule has 0 amide bonds.